The first-order valence-electron chi connectivity index (χ1n) is 8.74. The van der Waals surface area contributed by atoms with Crippen LogP contribution in [0.3, 0.4) is 0 Å². The van der Waals surface area contributed by atoms with Gasteiger partial charge in [0.25, 0.3) is 5.91 Å². The number of para-hydroxylation sites is 1. The van der Waals surface area contributed by atoms with Crippen LogP contribution in [0, 0.1) is 5.82 Å². The van der Waals surface area contributed by atoms with Crippen LogP contribution >= 0.6 is 23.7 Å². The molecule has 1 amide bonds. The Hall–Kier alpha value is -2.22. The first-order chi connectivity index (χ1) is 13.0. The second kappa shape index (κ2) is 9.82. The molecule has 0 saturated heterocycles. The third-order valence-corrected chi connectivity index (χ3v) is 5.06. The van der Waals surface area contributed by atoms with Gasteiger partial charge in [0.1, 0.15) is 17.1 Å². The molecule has 2 aromatic carbocycles. The van der Waals surface area contributed by atoms with E-state index in [9.17, 15) is 9.18 Å². The molecule has 0 unspecified atom stereocenters. The molecule has 150 valence electrons. The van der Waals surface area contributed by atoms with Gasteiger partial charge in [-0.25, -0.2) is 9.37 Å². The van der Waals surface area contributed by atoms with Crippen LogP contribution in [0.2, 0.25) is 0 Å². The Kier molecular flexibility index (Phi) is 7.74. The number of fused-ring (bicyclic) bond motifs is 1. The van der Waals surface area contributed by atoms with Crippen molar-refractivity contribution in [2.24, 2.45) is 0 Å². The lowest BCUT2D eigenvalue weighted by molar-refractivity contribution is 0.0985. The predicted octanol–water partition coefficient (Wildman–Crippen LogP) is 4.46. The summed E-state index contributed by atoms with van der Waals surface area (Å²) in [6, 6.07) is 11.9. The average molecular weight is 424 g/mol. The molecule has 5 nitrogen and oxygen atoms in total. The molecular formula is C20H23ClFN3O2S. The number of hydrogen-bond acceptors (Lipinski definition) is 5. The maximum absolute atomic E-state index is 14.0. The molecule has 1 heterocycles. The minimum absolute atomic E-state index is 0. The van der Waals surface area contributed by atoms with E-state index in [1.165, 1.54) is 17.4 Å². The van der Waals surface area contributed by atoms with Crippen molar-refractivity contribution < 1.29 is 13.9 Å². The number of likely N-dealkylation sites (N-methyl/N-ethyl adjacent to an activating group) is 1. The number of rotatable bonds is 7. The van der Waals surface area contributed by atoms with E-state index in [2.05, 4.69) is 4.98 Å². The first-order valence-corrected chi connectivity index (χ1v) is 9.55. The zero-order chi connectivity index (χ0) is 19.4. The van der Waals surface area contributed by atoms with Crippen LogP contribution in [-0.2, 0) is 0 Å². The summed E-state index contributed by atoms with van der Waals surface area (Å²) in [7, 11) is 3.88. The summed E-state index contributed by atoms with van der Waals surface area (Å²) in [6.45, 7) is 3.61. The lowest BCUT2D eigenvalue weighted by Crippen LogP contribution is -2.36. The SMILES string of the molecule is CCOc1ccc(C(=O)N(CCN(C)C)c2nc3c(F)cccc3s2)cc1.Cl. The van der Waals surface area contributed by atoms with E-state index >= 15 is 0 Å². The average Bonchev–Trinajstić information content (AvgIpc) is 3.08. The summed E-state index contributed by atoms with van der Waals surface area (Å²) in [5.41, 5.74) is 0.837. The molecule has 0 saturated carbocycles. The molecule has 0 aliphatic heterocycles. The highest BCUT2D eigenvalue weighted by molar-refractivity contribution is 7.22. The zero-order valence-corrected chi connectivity index (χ0v) is 17.6. The number of carbonyl (C=O) groups excluding carboxylic acids is 1. The molecule has 3 aromatic rings. The fourth-order valence-electron chi connectivity index (χ4n) is 2.62. The van der Waals surface area contributed by atoms with E-state index < -0.39 is 0 Å². The van der Waals surface area contributed by atoms with Crippen molar-refractivity contribution in [2.75, 3.05) is 38.7 Å². The standard InChI is InChI=1S/C20H22FN3O2S.ClH/c1-4-26-15-10-8-14(9-11-15)19(25)24(13-12-23(2)3)20-22-18-16(21)6-5-7-17(18)27-20;/h5-11H,4,12-13H2,1-3H3;1H. The fraction of sp³-hybridized carbons (Fsp3) is 0.300. The number of thiazole rings is 1. The lowest BCUT2D eigenvalue weighted by Gasteiger charge is -2.22. The number of hydrogen-bond donors (Lipinski definition) is 0. The van der Waals surface area contributed by atoms with E-state index in [1.54, 1.807) is 35.2 Å². The Morgan fingerprint density at radius 2 is 1.86 bits per heavy atom. The van der Waals surface area contributed by atoms with Crippen LogP contribution in [0.25, 0.3) is 10.2 Å². The number of amides is 1. The second-order valence-corrected chi connectivity index (χ2v) is 7.31. The highest BCUT2D eigenvalue weighted by Gasteiger charge is 2.22. The summed E-state index contributed by atoms with van der Waals surface area (Å²) in [4.78, 5) is 21.1. The Morgan fingerprint density at radius 1 is 1.14 bits per heavy atom. The van der Waals surface area contributed by atoms with Gasteiger partial charge in [0, 0.05) is 18.7 Å². The van der Waals surface area contributed by atoms with Crippen molar-refractivity contribution >= 4 is 45.0 Å². The van der Waals surface area contributed by atoms with Crippen LogP contribution in [-0.4, -0.2) is 49.6 Å². The Balaban J connectivity index is 0.00000280. The molecule has 0 aliphatic carbocycles. The van der Waals surface area contributed by atoms with Crippen molar-refractivity contribution in [3.8, 4) is 5.75 Å². The third-order valence-electron chi connectivity index (χ3n) is 4.02. The Morgan fingerprint density at radius 3 is 2.46 bits per heavy atom. The molecule has 0 spiro atoms. The van der Waals surface area contributed by atoms with Gasteiger partial charge in [-0.05, 0) is 57.4 Å². The lowest BCUT2D eigenvalue weighted by atomic mass is 10.2. The molecule has 1 aromatic heterocycles. The van der Waals surface area contributed by atoms with Gasteiger partial charge in [0.05, 0.1) is 11.3 Å². The highest BCUT2D eigenvalue weighted by Crippen LogP contribution is 2.31. The Bertz CT molecular complexity index is 931. The maximum atomic E-state index is 14.0. The van der Waals surface area contributed by atoms with Crippen molar-refractivity contribution in [2.45, 2.75) is 6.92 Å². The number of carbonyl (C=O) groups is 1. The van der Waals surface area contributed by atoms with Gasteiger partial charge in [-0.2, -0.15) is 0 Å². The Labute approximate surface area is 174 Å². The molecule has 28 heavy (non-hydrogen) atoms. The molecule has 8 heteroatoms. The minimum atomic E-state index is -0.379. The summed E-state index contributed by atoms with van der Waals surface area (Å²) in [5.74, 6) is 0.173. The molecule has 0 bridgehead atoms. The van der Waals surface area contributed by atoms with E-state index in [0.717, 1.165) is 10.4 Å². The largest absolute Gasteiger partial charge is 0.494 e. The van der Waals surface area contributed by atoms with Gasteiger partial charge in [-0.15, -0.1) is 12.4 Å². The zero-order valence-electron chi connectivity index (χ0n) is 16.0. The number of ether oxygens (including phenoxy) is 1. The number of benzene rings is 2. The first kappa shape index (κ1) is 22.1. The molecule has 3 rings (SSSR count). The maximum Gasteiger partial charge on any atom is 0.260 e. The highest BCUT2D eigenvalue weighted by atomic mass is 35.5. The number of aromatic nitrogens is 1. The molecular weight excluding hydrogens is 401 g/mol. The number of anilines is 1. The normalized spacial score (nSPS) is 10.8. The molecule has 0 radical (unpaired) electrons. The van der Waals surface area contributed by atoms with Gasteiger partial charge in [-0.3, -0.25) is 9.69 Å². The van der Waals surface area contributed by atoms with Gasteiger partial charge < -0.3 is 9.64 Å². The van der Waals surface area contributed by atoms with Gasteiger partial charge >= 0.3 is 0 Å². The summed E-state index contributed by atoms with van der Waals surface area (Å²) in [5, 5.41) is 0.496. The summed E-state index contributed by atoms with van der Waals surface area (Å²) >= 11 is 1.32. The van der Waals surface area contributed by atoms with E-state index in [4.69, 9.17) is 4.74 Å². The second-order valence-electron chi connectivity index (χ2n) is 6.30. The molecule has 0 atom stereocenters. The van der Waals surface area contributed by atoms with Gasteiger partial charge in [0.2, 0.25) is 0 Å². The van der Waals surface area contributed by atoms with Crippen LogP contribution in [0.5, 0.6) is 5.75 Å². The monoisotopic (exact) mass is 423 g/mol. The summed E-state index contributed by atoms with van der Waals surface area (Å²) in [6.07, 6.45) is 0. The van der Waals surface area contributed by atoms with Crippen LogP contribution in [0.4, 0.5) is 9.52 Å². The number of nitrogens with zero attached hydrogens (tertiary/aromatic N) is 3. The van der Waals surface area contributed by atoms with Gasteiger partial charge in [0.15, 0.2) is 5.13 Å². The van der Waals surface area contributed by atoms with Crippen molar-refractivity contribution in [3.63, 3.8) is 0 Å². The van der Waals surface area contributed by atoms with Crippen molar-refractivity contribution in [1.82, 2.24) is 9.88 Å². The van der Waals surface area contributed by atoms with E-state index in [-0.39, 0.29) is 24.1 Å². The smallest absolute Gasteiger partial charge is 0.260 e. The van der Waals surface area contributed by atoms with Gasteiger partial charge in [-0.1, -0.05) is 17.4 Å². The topological polar surface area (TPSA) is 45.7 Å². The molecule has 0 fully saturated rings. The third kappa shape index (κ3) is 4.98. The minimum Gasteiger partial charge on any atom is -0.494 e. The van der Waals surface area contributed by atoms with Crippen molar-refractivity contribution in [3.05, 3.63) is 53.8 Å². The predicted molar refractivity (Wildman–Crippen MR) is 115 cm³/mol. The number of halogens is 2. The van der Waals surface area contributed by atoms with Crippen LogP contribution in [0.15, 0.2) is 42.5 Å². The quantitative estimate of drug-likeness (QED) is 0.562. The molecule has 0 aliphatic rings. The fourth-order valence-corrected chi connectivity index (χ4v) is 3.62. The van der Waals surface area contributed by atoms with Crippen LogP contribution < -0.4 is 9.64 Å². The van der Waals surface area contributed by atoms with Crippen LogP contribution in [0.1, 0.15) is 17.3 Å². The molecule has 0 N–H and O–H groups in total. The van der Waals surface area contributed by atoms with E-state index in [0.29, 0.717) is 35.9 Å². The van der Waals surface area contributed by atoms with Crippen molar-refractivity contribution in [1.29, 1.82) is 0 Å². The summed E-state index contributed by atoms with van der Waals surface area (Å²) < 4.78 is 20.2. The van der Waals surface area contributed by atoms with E-state index in [1.807, 2.05) is 32.0 Å².